The van der Waals surface area contributed by atoms with Crippen LogP contribution in [0.2, 0.25) is 0 Å². The molecular formula is C16H19FN2O. The van der Waals surface area contributed by atoms with Gasteiger partial charge in [-0.05, 0) is 43.7 Å². The van der Waals surface area contributed by atoms with Crippen molar-refractivity contribution in [2.75, 3.05) is 7.05 Å². The molecule has 106 valence electrons. The van der Waals surface area contributed by atoms with Crippen LogP contribution in [-0.2, 0) is 13.0 Å². The van der Waals surface area contributed by atoms with E-state index in [1.807, 2.05) is 26.1 Å². The number of hydrogen-bond acceptors (Lipinski definition) is 3. The lowest BCUT2D eigenvalue weighted by molar-refractivity contribution is 0.454. The minimum atomic E-state index is -0.274. The van der Waals surface area contributed by atoms with Crippen LogP contribution in [0.15, 0.2) is 30.3 Å². The molecule has 0 aliphatic carbocycles. The maximum atomic E-state index is 13.5. The van der Waals surface area contributed by atoms with Gasteiger partial charge >= 0.3 is 0 Å². The second kappa shape index (κ2) is 6.48. The minimum Gasteiger partial charge on any atom is -0.439 e. The first-order valence-corrected chi connectivity index (χ1v) is 6.70. The Morgan fingerprint density at radius 1 is 1.25 bits per heavy atom. The summed E-state index contributed by atoms with van der Waals surface area (Å²) >= 11 is 0. The Bertz CT molecular complexity index is 599. The lowest BCUT2D eigenvalue weighted by Gasteiger charge is -2.10. The highest BCUT2D eigenvalue weighted by Gasteiger charge is 2.06. The quantitative estimate of drug-likeness (QED) is 0.904. The van der Waals surface area contributed by atoms with Crippen LogP contribution in [0.25, 0.3) is 0 Å². The van der Waals surface area contributed by atoms with E-state index < -0.39 is 0 Å². The van der Waals surface area contributed by atoms with E-state index in [9.17, 15) is 4.39 Å². The lowest BCUT2D eigenvalue weighted by atomic mass is 10.2. The summed E-state index contributed by atoms with van der Waals surface area (Å²) in [4.78, 5) is 4.41. The number of benzene rings is 1. The van der Waals surface area contributed by atoms with Crippen molar-refractivity contribution in [1.29, 1.82) is 0 Å². The third-order valence-electron chi connectivity index (χ3n) is 3.02. The molecule has 4 heteroatoms. The Morgan fingerprint density at radius 3 is 2.70 bits per heavy atom. The Labute approximate surface area is 118 Å². The van der Waals surface area contributed by atoms with Crippen molar-refractivity contribution in [2.45, 2.75) is 26.8 Å². The standard InChI is InChI=1S/C16H19FN2O/c1-4-13-7-12(10-18-3)8-16(19-13)20-14-6-5-11(2)15(17)9-14/h5-9,18H,4,10H2,1-3H3. The van der Waals surface area contributed by atoms with Gasteiger partial charge in [-0.15, -0.1) is 0 Å². The molecule has 1 aromatic carbocycles. The fourth-order valence-electron chi connectivity index (χ4n) is 1.92. The van der Waals surface area contributed by atoms with Gasteiger partial charge in [0.25, 0.3) is 0 Å². The van der Waals surface area contributed by atoms with Gasteiger partial charge in [0, 0.05) is 24.4 Å². The van der Waals surface area contributed by atoms with Crippen molar-refractivity contribution in [1.82, 2.24) is 10.3 Å². The second-order valence-electron chi connectivity index (χ2n) is 4.70. The van der Waals surface area contributed by atoms with Gasteiger partial charge in [-0.25, -0.2) is 9.37 Å². The van der Waals surface area contributed by atoms with E-state index in [0.717, 1.165) is 24.2 Å². The third kappa shape index (κ3) is 3.54. The number of aryl methyl sites for hydroxylation is 2. The minimum absolute atomic E-state index is 0.274. The summed E-state index contributed by atoms with van der Waals surface area (Å²) in [6.45, 7) is 4.51. The summed E-state index contributed by atoms with van der Waals surface area (Å²) < 4.78 is 19.2. The number of ether oxygens (including phenoxy) is 1. The molecule has 1 N–H and O–H groups in total. The van der Waals surface area contributed by atoms with E-state index in [4.69, 9.17) is 4.74 Å². The maximum Gasteiger partial charge on any atom is 0.219 e. The zero-order chi connectivity index (χ0) is 14.5. The average molecular weight is 274 g/mol. The van der Waals surface area contributed by atoms with Gasteiger partial charge in [0.05, 0.1) is 0 Å². The molecule has 0 unspecified atom stereocenters. The topological polar surface area (TPSA) is 34.1 Å². The number of pyridine rings is 1. The first-order valence-electron chi connectivity index (χ1n) is 6.70. The van der Waals surface area contributed by atoms with E-state index in [1.54, 1.807) is 19.1 Å². The number of halogens is 1. The number of nitrogens with one attached hydrogen (secondary N) is 1. The van der Waals surface area contributed by atoms with Gasteiger partial charge < -0.3 is 10.1 Å². The molecule has 2 aromatic rings. The summed E-state index contributed by atoms with van der Waals surface area (Å²) in [7, 11) is 1.89. The van der Waals surface area contributed by atoms with Crippen LogP contribution in [0.1, 0.15) is 23.7 Å². The number of nitrogens with zero attached hydrogens (tertiary/aromatic N) is 1. The zero-order valence-electron chi connectivity index (χ0n) is 12.0. The number of rotatable bonds is 5. The first-order chi connectivity index (χ1) is 9.62. The van der Waals surface area contributed by atoms with Gasteiger partial charge in [-0.1, -0.05) is 13.0 Å². The van der Waals surface area contributed by atoms with Crippen LogP contribution < -0.4 is 10.1 Å². The van der Waals surface area contributed by atoms with Gasteiger partial charge in [-0.3, -0.25) is 0 Å². The Kier molecular flexibility index (Phi) is 4.69. The molecule has 0 saturated heterocycles. The molecule has 0 fully saturated rings. The molecule has 1 heterocycles. The fraction of sp³-hybridized carbons (Fsp3) is 0.312. The highest BCUT2D eigenvalue weighted by Crippen LogP contribution is 2.23. The molecule has 0 spiro atoms. The summed E-state index contributed by atoms with van der Waals surface area (Å²) in [6.07, 6.45) is 0.830. The molecule has 0 aliphatic rings. The van der Waals surface area contributed by atoms with Crippen molar-refractivity contribution in [3.05, 3.63) is 53.0 Å². The SMILES string of the molecule is CCc1cc(CNC)cc(Oc2ccc(C)c(F)c2)n1. The zero-order valence-corrected chi connectivity index (χ0v) is 12.0. The molecule has 20 heavy (non-hydrogen) atoms. The van der Waals surface area contributed by atoms with Crippen molar-refractivity contribution in [3.8, 4) is 11.6 Å². The van der Waals surface area contributed by atoms with Gasteiger partial charge in [0.2, 0.25) is 5.88 Å². The monoisotopic (exact) mass is 274 g/mol. The molecule has 0 aliphatic heterocycles. The summed E-state index contributed by atoms with van der Waals surface area (Å²) in [6, 6.07) is 8.74. The van der Waals surface area contributed by atoms with Gasteiger partial charge in [-0.2, -0.15) is 0 Å². The molecule has 1 aromatic heterocycles. The summed E-state index contributed by atoms with van der Waals surface area (Å²) in [5, 5.41) is 3.10. The van der Waals surface area contributed by atoms with Gasteiger partial charge in [0.1, 0.15) is 11.6 Å². The predicted molar refractivity (Wildman–Crippen MR) is 77.6 cm³/mol. The van der Waals surface area contributed by atoms with E-state index in [2.05, 4.69) is 10.3 Å². The fourth-order valence-corrected chi connectivity index (χ4v) is 1.92. The van der Waals surface area contributed by atoms with Crippen LogP contribution >= 0.6 is 0 Å². The molecule has 0 amide bonds. The molecule has 0 saturated carbocycles. The van der Waals surface area contributed by atoms with E-state index in [0.29, 0.717) is 17.2 Å². The third-order valence-corrected chi connectivity index (χ3v) is 3.02. The summed E-state index contributed by atoms with van der Waals surface area (Å²) in [5.74, 6) is 0.687. The normalized spacial score (nSPS) is 10.6. The maximum absolute atomic E-state index is 13.5. The Balaban J connectivity index is 2.27. The first kappa shape index (κ1) is 14.5. The van der Waals surface area contributed by atoms with E-state index >= 15 is 0 Å². The van der Waals surface area contributed by atoms with Crippen molar-refractivity contribution >= 4 is 0 Å². The predicted octanol–water partition coefficient (Wildman–Crippen LogP) is 3.60. The molecule has 0 atom stereocenters. The van der Waals surface area contributed by atoms with Crippen LogP contribution in [0.3, 0.4) is 0 Å². The number of hydrogen-bond donors (Lipinski definition) is 1. The van der Waals surface area contributed by atoms with E-state index in [-0.39, 0.29) is 5.82 Å². The molecule has 3 nitrogen and oxygen atoms in total. The van der Waals surface area contributed by atoms with Crippen molar-refractivity contribution in [2.24, 2.45) is 0 Å². The van der Waals surface area contributed by atoms with Crippen LogP contribution in [0.4, 0.5) is 4.39 Å². The number of aromatic nitrogens is 1. The van der Waals surface area contributed by atoms with Crippen LogP contribution in [0, 0.1) is 12.7 Å². The van der Waals surface area contributed by atoms with Gasteiger partial charge in [0.15, 0.2) is 0 Å². The Morgan fingerprint density at radius 2 is 2.05 bits per heavy atom. The van der Waals surface area contributed by atoms with E-state index in [1.165, 1.54) is 6.07 Å². The molecular weight excluding hydrogens is 255 g/mol. The van der Waals surface area contributed by atoms with Crippen molar-refractivity contribution in [3.63, 3.8) is 0 Å². The summed E-state index contributed by atoms with van der Waals surface area (Å²) in [5.41, 5.74) is 2.66. The highest BCUT2D eigenvalue weighted by molar-refractivity contribution is 5.33. The van der Waals surface area contributed by atoms with Crippen LogP contribution in [-0.4, -0.2) is 12.0 Å². The second-order valence-corrected chi connectivity index (χ2v) is 4.70. The smallest absolute Gasteiger partial charge is 0.219 e. The molecule has 0 bridgehead atoms. The van der Waals surface area contributed by atoms with Crippen molar-refractivity contribution < 1.29 is 9.13 Å². The van der Waals surface area contributed by atoms with Crippen LogP contribution in [0.5, 0.6) is 11.6 Å². The lowest BCUT2D eigenvalue weighted by Crippen LogP contribution is -2.06. The average Bonchev–Trinajstić information content (AvgIpc) is 2.43. The highest BCUT2D eigenvalue weighted by atomic mass is 19.1. The molecule has 2 rings (SSSR count). The Hall–Kier alpha value is -1.94. The molecule has 0 radical (unpaired) electrons. The largest absolute Gasteiger partial charge is 0.439 e.